The molecule has 0 unspecified atom stereocenters. The number of sulfonamides is 1. The second-order valence-electron chi connectivity index (χ2n) is 9.46. The van der Waals surface area contributed by atoms with Gasteiger partial charge >= 0.3 is 6.09 Å². The van der Waals surface area contributed by atoms with Gasteiger partial charge in [-0.2, -0.15) is 8.42 Å². The topological polar surface area (TPSA) is 133 Å². The first-order valence-corrected chi connectivity index (χ1v) is 14.2. The second-order valence-corrected chi connectivity index (χ2v) is 13.2. The van der Waals surface area contributed by atoms with Crippen LogP contribution in [0.15, 0.2) is 35.7 Å². The van der Waals surface area contributed by atoms with Crippen LogP contribution in [0.4, 0.5) is 10.5 Å². The molecule has 1 aliphatic heterocycles. The van der Waals surface area contributed by atoms with Crippen LogP contribution >= 0.6 is 0 Å². The zero-order valence-corrected chi connectivity index (χ0v) is 21.9. The fourth-order valence-corrected chi connectivity index (χ4v) is 6.33. The molecule has 0 fully saturated rings. The molecule has 0 aliphatic carbocycles. The third-order valence-electron chi connectivity index (χ3n) is 5.60. The van der Waals surface area contributed by atoms with E-state index in [0.29, 0.717) is 35.1 Å². The zero-order chi connectivity index (χ0) is 25.8. The van der Waals surface area contributed by atoms with Gasteiger partial charge in [0.2, 0.25) is 10.0 Å². The van der Waals surface area contributed by atoms with E-state index in [1.165, 1.54) is 32.0 Å². The number of hydrogen-bond donors (Lipinski definition) is 1. The predicted octanol–water partition coefficient (Wildman–Crippen LogP) is 2.67. The smallest absolute Gasteiger partial charge is 0.410 e. The number of anilines is 1. The number of ether oxygens (including phenoxy) is 1. The monoisotopic (exact) mass is 523 g/mol. The number of aryl methyl sites for hydroxylation is 1. The Kier molecular flexibility index (Phi) is 6.12. The molecule has 35 heavy (non-hydrogen) atoms. The van der Waals surface area contributed by atoms with Crippen molar-refractivity contribution in [1.29, 1.82) is 0 Å². The Morgan fingerprint density at radius 1 is 1.20 bits per heavy atom. The van der Waals surface area contributed by atoms with E-state index >= 15 is 0 Å². The van der Waals surface area contributed by atoms with E-state index in [1.54, 1.807) is 46.9 Å². The molecule has 0 radical (unpaired) electrons. The lowest BCUT2D eigenvalue weighted by molar-refractivity contribution is 0.0224. The van der Waals surface area contributed by atoms with E-state index in [4.69, 9.17) is 4.74 Å². The molecule has 0 saturated heterocycles. The maximum atomic E-state index is 13.0. The Morgan fingerprint density at radius 2 is 1.91 bits per heavy atom. The molecule has 1 N–H and O–H groups in total. The Balaban J connectivity index is 1.80. The van der Waals surface area contributed by atoms with Crippen molar-refractivity contribution in [2.45, 2.75) is 51.3 Å². The predicted molar refractivity (Wildman–Crippen MR) is 131 cm³/mol. The molecule has 0 atom stereocenters. The Morgan fingerprint density at radius 3 is 2.51 bits per heavy atom. The minimum Gasteiger partial charge on any atom is -0.444 e. The molecule has 1 amide bonds. The minimum atomic E-state index is -3.94. The van der Waals surface area contributed by atoms with Crippen LogP contribution in [-0.4, -0.2) is 59.3 Å². The summed E-state index contributed by atoms with van der Waals surface area (Å²) < 4.78 is 62.4. The summed E-state index contributed by atoms with van der Waals surface area (Å²) in [5.74, 6) is -0.104. The zero-order valence-electron chi connectivity index (χ0n) is 20.3. The number of nitrogens with zero attached hydrogens (tertiary/aromatic N) is 4. The normalized spacial score (nSPS) is 14.7. The number of carbonyl (C=O) groups excluding carboxylic acids is 1. The van der Waals surface area contributed by atoms with Crippen molar-refractivity contribution in [3.63, 3.8) is 0 Å². The van der Waals surface area contributed by atoms with Crippen molar-refractivity contribution < 1.29 is 26.4 Å². The van der Waals surface area contributed by atoms with Crippen LogP contribution in [0.2, 0.25) is 0 Å². The van der Waals surface area contributed by atoms with Crippen molar-refractivity contribution in [2.75, 3.05) is 17.0 Å². The highest BCUT2D eigenvalue weighted by atomic mass is 32.2. The van der Waals surface area contributed by atoms with Crippen molar-refractivity contribution >= 4 is 42.7 Å². The third-order valence-corrected chi connectivity index (χ3v) is 8.57. The molecular formula is C22H29N5O6S2. The molecule has 0 bridgehead atoms. The van der Waals surface area contributed by atoms with Gasteiger partial charge in [-0.25, -0.2) is 22.2 Å². The third kappa shape index (κ3) is 4.87. The number of nitrogens with one attached hydrogen (secondary N) is 1. The molecule has 0 saturated carbocycles. The fourth-order valence-electron chi connectivity index (χ4n) is 4.05. The molecule has 190 valence electrons. The highest BCUT2D eigenvalue weighted by Crippen LogP contribution is 2.35. The van der Waals surface area contributed by atoms with E-state index in [9.17, 15) is 21.6 Å². The van der Waals surface area contributed by atoms with Crippen molar-refractivity contribution in [3.8, 4) is 0 Å². The average molecular weight is 524 g/mol. The molecule has 11 nitrogen and oxygen atoms in total. The van der Waals surface area contributed by atoms with Gasteiger partial charge in [0.25, 0.3) is 10.0 Å². The number of rotatable bonds is 5. The highest BCUT2D eigenvalue weighted by molar-refractivity contribution is 7.92. The Labute approximate surface area is 204 Å². The molecule has 2 aromatic heterocycles. The van der Waals surface area contributed by atoms with Crippen molar-refractivity contribution in [3.05, 3.63) is 42.0 Å². The van der Waals surface area contributed by atoms with Gasteiger partial charge < -0.3 is 14.2 Å². The molecule has 3 heterocycles. The lowest BCUT2D eigenvalue weighted by Gasteiger charge is -2.30. The molecule has 0 spiro atoms. The Bertz CT molecular complexity index is 1510. The lowest BCUT2D eigenvalue weighted by Crippen LogP contribution is -2.40. The van der Waals surface area contributed by atoms with Crippen LogP contribution in [0.5, 0.6) is 0 Å². The van der Waals surface area contributed by atoms with Gasteiger partial charge in [0.1, 0.15) is 5.60 Å². The maximum absolute atomic E-state index is 13.0. The summed E-state index contributed by atoms with van der Waals surface area (Å²) >= 11 is 0. The van der Waals surface area contributed by atoms with E-state index in [0.717, 1.165) is 0 Å². The summed E-state index contributed by atoms with van der Waals surface area (Å²) in [7, 11) is -5.93. The summed E-state index contributed by atoms with van der Waals surface area (Å²) in [6.45, 7) is 7.35. The van der Waals surface area contributed by atoms with Crippen LogP contribution in [0, 0.1) is 0 Å². The summed E-state index contributed by atoms with van der Waals surface area (Å²) in [4.78, 5) is 18.1. The largest absolute Gasteiger partial charge is 0.444 e. The van der Waals surface area contributed by atoms with E-state index in [1.807, 2.05) is 0 Å². The van der Waals surface area contributed by atoms with Gasteiger partial charge in [-0.1, -0.05) is 0 Å². The number of fused-ring (bicyclic) bond motifs is 3. The summed E-state index contributed by atoms with van der Waals surface area (Å²) in [6, 6.07) is 4.69. The van der Waals surface area contributed by atoms with Gasteiger partial charge in [0.15, 0.2) is 5.03 Å². The van der Waals surface area contributed by atoms with Crippen LogP contribution in [0.3, 0.4) is 0 Å². The van der Waals surface area contributed by atoms with Crippen LogP contribution < -0.4 is 4.72 Å². The number of amides is 1. The van der Waals surface area contributed by atoms with E-state index < -0.39 is 31.7 Å². The van der Waals surface area contributed by atoms with Crippen LogP contribution in [0.25, 0.3) is 10.9 Å². The fraction of sp³-hybridized carbons (Fsp3) is 0.455. The molecule has 1 aliphatic rings. The molecule has 1 aromatic carbocycles. The van der Waals surface area contributed by atoms with Gasteiger partial charge in [0, 0.05) is 48.5 Å². The minimum absolute atomic E-state index is 0.104. The summed E-state index contributed by atoms with van der Waals surface area (Å²) in [5.41, 5.74) is 1.25. The molecule has 13 heteroatoms. The van der Waals surface area contributed by atoms with Crippen LogP contribution in [0.1, 0.15) is 39.0 Å². The summed E-state index contributed by atoms with van der Waals surface area (Å²) in [6.07, 6.45) is 2.59. The standard InChI is InChI=1S/C22H29N5O6S2/c1-6-34(29,30)27-18-8-7-15(24-35(31,32)20-13-25(5)14-23-20)11-16(18)17-12-26(10-9-19(17)27)21(28)33-22(2,3)4/h7-8,11,13-14,24H,6,9-10,12H2,1-5H3. The SMILES string of the molecule is CCS(=O)(=O)n1c2c(c3cc(NS(=O)(=O)c4cn(C)cn4)ccc31)CN(C(=O)OC(C)(C)C)CC2. The number of benzene rings is 1. The number of aromatic nitrogens is 3. The second kappa shape index (κ2) is 8.55. The van der Waals surface area contributed by atoms with Gasteiger partial charge in [-0.15, -0.1) is 0 Å². The first-order valence-electron chi connectivity index (χ1n) is 11.1. The Hall–Kier alpha value is -3.06. The number of hydrogen-bond acceptors (Lipinski definition) is 7. The quantitative estimate of drug-likeness (QED) is 0.544. The number of carbonyl (C=O) groups is 1. The first kappa shape index (κ1) is 25.0. The average Bonchev–Trinajstić information content (AvgIpc) is 3.34. The first-order chi connectivity index (χ1) is 16.2. The lowest BCUT2D eigenvalue weighted by atomic mass is 10.0. The number of imidazole rings is 1. The van der Waals surface area contributed by atoms with Crippen LogP contribution in [-0.2, 0) is 44.8 Å². The molecular weight excluding hydrogens is 494 g/mol. The van der Waals surface area contributed by atoms with E-state index in [-0.39, 0.29) is 23.0 Å². The van der Waals surface area contributed by atoms with Gasteiger partial charge in [0.05, 0.1) is 24.1 Å². The molecule has 3 aromatic rings. The van der Waals surface area contributed by atoms with Crippen molar-refractivity contribution in [2.24, 2.45) is 7.05 Å². The highest BCUT2D eigenvalue weighted by Gasteiger charge is 2.32. The van der Waals surface area contributed by atoms with Gasteiger partial charge in [-0.05, 0) is 45.9 Å². The van der Waals surface area contributed by atoms with Gasteiger partial charge in [-0.3, -0.25) is 4.72 Å². The summed E-state index contributed by atoms with van der Waals surface area (Å²) in [5, 5.41) is 0.413. The maximum Gasteiger partial charge on any atom is 0.410 e. The van der Waals surface area contributed by atoms with Crippen molar-refractivity contribution in [1.82, 2.24) is 18.4 Å². The molecule has 4 rings (SSSR count). The van der Waals surface area contributed by atoms with E-state index in [2.05, 4.69) is 9.71 Å².